The number of nitrogens with one attached hydrogen (secondary N) is 1. The molecule has 373 valence electrons. The second kappa shape index (κ2) is 16.6. The van der Waals surface area contributed by atoms with Crippen LogP contribution in [0.2, 0.25) is 0 Å². The largest absolute Gasteiger partial charge is 0.634 e. The van der Waals surface area contributed by atoms with Crippen LogP contribution in [0.25, 0.3) is 66.8 Å². The molecule has 11 aromatic rings. The van der Waals surface area contributed by atoms with Gasteiger partial charge in [-0.25, -0.2) is 0 Å². The number of benzene rings is 11. The molecule has 15 heteroatoms. The lowest BCUT2D eigenvalue weighted by Crippen LogP contribution is -2.60. The highest BCUT2D eigenvalue weighted by Crippen LogP contribution is 2.59. The molecule has 0 aliphatic carbocycles. The second-order valence-corrected chi connectivity index (χ2v) is 21.1. The lowest BCUT2D eigenvalue weighted by atomic mass is 9.52. The van der Waals surface area contributed by atoms with E-state index in [1.807, 2.05) is 86.3 Å². The Balaban J connectivity index is 1.01. The molecular formula is C66H38B5N4O6. The first-order chi connectivity index (χ1) is 40.1. The predicted octanol–water partition coefficient (Wildman–Crippen LogP) is 11.0. The SMILES string of the molecule is Oc1cccc(O)c1-c1c2c(c3c4c1[B]N(c1ccccc1)c1cc(Nc5ccccc5)c5c(c1-4)B(O3)Oc1c-5c3c4c5c1-c1ccccc1N(c1ccccc1)B5Oc1cccc(c1-4)O[B]3)-c1ccccc1N(c1ccccc1)[B]2. The Morgan fingerprint density at radius 3 is 1.65 bits per heavy atom. The Morgan fingerprint density at radius 2 is 0.951 bits per heavy atom. The summed E-state index contributed by atoms with van der Waals surface area (Å²) in [5.74, 6) is 2.57. The highest BCUT2D eigenvalue weighted by atomic mass is 16.6. The molecule has 3 N–H and O–H groups in total. The molecular weight excluding hydrogens is 999 g/mol. The molecule has 7 heterocycles. The molecule has 0 amide bonds. The zero-order valence-corrected chi connectivity index (χ0v) is 43.0. The maximum absolute atomic E-state index is 12.2. The minimum absolute atomic E-state index is 0.0601. The first-order valence-electron chi connectivity index (χ1n) is 27.1. The summed E-state index contributed by atoms with van der Waals surface area (Å²) >= 11 is 0. The van der Waals surface area contributed by atoms with E-state index in [0.29, 0.717) is 28.4 Å². The molecule has 7 aliphatic heterocycles. The van der Waals surface area contributed by atoms with Crippen LogP contribution in [0.4, 0.5) is 45.5 Å². The fourth-order valence-electron chi connectivity index (χ4n) is 13.7. The number of rotatable bonds is 6. The lowest BCUT2D eigenvalue weighted by molar-refractivity contribution is 0.438. The molecule has 0 fully saturated rings. The molecule has 0 saturated heterocycles. The van der Waals surface area contributed by atoms with Crippen LogP contribution in [0.15, 0.2) is 212 Å². The third-order valence-electron chi connectivity index (χ3n) is 16.9. The molecule has 0 atom stereocenters. The zero-order chi connectivity index (χ0) is 53.2. The van der Waals surface area contributed by atoms with Crippen molar-refractivity contribution in [3.63, 3.8) is 0 Å². The minimum Gasteiger partial charge on any atom is -0.557 e. The van der Waals surface area contributed by atoms with Crippen molar-refractivity contribution < 1.29 is 28.8 Å². The summed E-state index contributed by atoms with van der Waals surface area (Å²) in [5.41, 5.74) is 21.4. The molecule has 7 aliphatic rings. The molecule has 81 heavy (non-hydrogen) atoms. The molecule has 0 unspecified atom stereocenters. The van der Waals surface area contributed by atoms with Gasteiger partial charge in [0.15, 0.2) is 0 Å². The van der Waals surface area contributed by atoms with Gasteiger partial charge in [0.25, 0.3) is 14.8 Å². The molecule has 10 nitrogen and oxygen atoms in total. The van der Waals surface area contributed by atoms with Crippen LogP contribution in [-0.4, -0.2) is 46.7 Å². The van der Waals surface area contributed by atoms with E-state index in [9.17, 15) is 10.2 Å². The maximum Gasteiger partial charge on any atom is 0.634 e. The summed E-state index contributed by atoms with van der Waals surface area (Å²) in [6.45, 7) is 0. The summed E-state index contributed by atoms with van der Waals surface area (Å²) in [7, 11) is 4.54. The van der Waals surface area contributed by atoms with Crippen LogP contribution in [0.1, 0.15) is 0 Å². The van der Waals surface area contributed by atoms with Gasteiger partial charge in [-0.2, -0.15) is 0 Å². The highest BCUT2D eigenvalue weighted by Gasteiger charge is 2.55. The molecule has 0 aromatic heterocycles. The van der Waals surface area contributed by atoms with E-state index < -0.39 is 14.2 Å². The first-order valence-corrected chi connectivity index (χ1v) is 27.1. The molecule has 3 radical (unpaired) electrons. The van der Waals surface area contributed by atoms with Crippen LogP contribution in [0, 0.1) is 0 Å². The number of nitrogens with zero attached hydrogens (tertiary/aromatic N) is 3. The smallest absolute Gasteiger partial charge is 0.557 e. The number of anilines is 8. The molecule has 0 spiro atoms. The standard InChI is InChI=1S/C66H38B5N4O6/c76-46-31-17-32-47(77)54(46)56-60-50(40-27-13-15-29-43(40)73(67-60)37-21-7-2-8-22-37)65-59-53-45(74(68-61(56)59)38-23-9-3-10-24-38)35-42(72-36-19-5-1-6-20-36)52-58-62-57-55-48(78-69-62)33-18-34-49(55)79-70-63(57)51(66(58)81-71(80-65)64(52)53)41-28-14-16-30-44(41)75(70)39-25-11-4-12-26-39/h1-35,72,76-77H. The maximum atomic E-state index is 12.2. The number of phenolic OH excluding ortho intramolecular Hbond substituents is 2. The third kappa shape index (κ3) is 6.12. The van der Waals surface area contributed by atoms with Crippen LogP contribution in [0.3, 0.4) is 0 Å². The molecule has 11 aromatic carbocycles. The average Bonchev–Trinajstić information content (AvgIpc) is 2.09. The van der Waals surface area contributed by atoms with Gasteiger partial charge in [-0.05, 0) is 119 Å². The van der Waals surface area contributed by atoms with E-state index in [0.717, 1.165) is 134 Å². The fraction of sp³-hybridized carbons (Fsp3) is 0. The van der Waals surface area contributed by atoms with Crippen LogP contribution < -0.4 is 65.7 Å². The molecule has 18 rings (SSSR count). The molecule has 0 saturated carbocycles. The number of aromatic hydroxyl groups is 2. The van der Waals surface area contributed by atoms with Crippen molar-refractivity contribution >= 4 is 109 Å². The Hall–Kier alpha value is -10.3. The van der Waals surface area contributed by atoms with E-state index in [2.05, 4.69) is 150 Å². The number of hydrogen-bond acceptors (Lipinski definition) is 10. The predicted molar refractivity (Wildman–Crippen MR) is 327 cm³/mol. The fourth-order valence-corrected chi connectivity index (χ4v) is 13.7. The summed E-state index contributed by atoms with van der Waals surface area (Å²) in [6.07, 6.45) is 0. The topological polar surface area (TPSA) is 99.1 Å². The monoisotopic (exact) mass is 1040 g/mol. The van der Waals surface area contributed by atoms with Gasteiger partial charge in [-0.1, -0.05) is 121 Å². The van der Waals surface area contributed by atoms with Gasteiger partial charge in [0.1, 0.15) is 34.5 Å². The van der Waals surface area contributed by atoms with Crippen LogP contribution >= 0.6 is 0 Å². The summed E-state index contributed by atoms with van der Waals surface area (Å²) in [5, 5.41) is 28.4. The van der Waals surface area contributed by atoms with Crippen molar-refractivity contribution in [1.82, 2.24) is 0 Å². The minimum atomic E-state index is -1.02. The Kier molecular flexibility index (Phi) is 9.18. The van der Waals surface area contributed by atoms with Crippen LogP contribution in [-0.2, 0) is 0 Å². The quantitative estimate of drug-likeness (QED) is 0.140. The number of phenols is 2. The second-order valence-electron chi connectivity index (χ2n) is 21.1. The van der Waals surface area contributed by atoms with Crippen molar-refractivity contribution in [2.45, 2.75) is 0 Å². The van der Waals surface area contributed by atoms with Gasteiger partial charge in [-0.15, -0.1) is 0 Å². The van der Waals surface area contributed by atoms with E-state index in [-0.39, 0.29) is 11.5 Å². The average molecular weight is 1040 g/mol. The number of fused-ring (bicyclic) bond motifs is 10. The van der Waals surface area contributed by atoms with Gasteiger partial charge in [0.05, 0.1) is 11.1 Å². The number of hydrogen-bond donors (Lipinski definition) is 3. The normalized spacial score (nSPS) is 14.1. The summed E-state index contributed by atoms with van der Waals surface area (Å²) < 4.78 is 29.8. The van der Waals surface area contributed by atoms with Crippen molar-refractivity contribution in [1.29, 1.82) is 0 Å². The van der Waals surface area contributed by atoms with Gasteiger partial charge < -0.3 is 48.6 Å². The van der Waals surface area contributed by atoms with Crippen LogP contribution in [0.5, 0.6) is 34.5 Å². The van der Waals surface area contributed by atoms with Crippen molar-refractivity contribution in [3.05, 3.63) is 212 Å². The van der Waals surface area contributed by atoms with E-state index in [1.165, 1.54) is 0 Å². The van der Waals surface area contributed by atoms with E-state index in [4.69, 9.17) is 18.6 Å². The van der Waals surface area contributed by atoms with E-state index >= 15 is 0 Å². The highest BCUT2D eigenvalue weighted by molar-refractivity contribution is 6.81. The van der Waals surface area contributed by atoms with E-state index in [1.54, 1.807) is 18.2 Å². The number of para-hydroxylation sites is 6. The Bertz CT molecular complexity index is 4540. The third-order valence-corrected chi connectivity index (χ3v) is 16.9. The lowest BCUT2D eigenvalue weighted by Gasteiger charge is -2.47. The Morgan fingerprint density at radius 1 is 0.395 bits per heavy atom. The summed E-state index contributed by atoms with van der Waals surface area (Å²) in [6, 6.07) is 71.4. The first kappa shape index (κ1) is 44.7. The van der Waals surface area contributed by atoms with Crippen molar-refractivity contribution in [2.75, 3.05) is 19.7 Å². The Labute approximate surface area is 469 Å². The van der Waals surface area contributed by atoms with Gasteiger partial charge in [-0.3, -0.25) is 0 Å². The van der Waals surface area contributed by atoms with Gasteiger partial charge >= 0.3 is 21.7 Å². The van der Waals surface area contributed by atoms with Gasteiger partial charge in [0.2, 0.25) is 0 Å². The summed E-state index contributed by atoms with van der Waals surface area (Å²) in [4.78, 5) is 6.71. The van der Waals surface area contributed by atoms with Crippen molar-refractivity contribution in [2.24, 2.45) is 0 Å². The van der Waals surface area contributed by atoms with Gasteiger partial charge in [0, 0.05) is 101 Å². The molecule has 0 bridgehead atoms. The van der Waals surface area contributed by atoms with Crippen molar-refractivity contribution in [3.8, 4) is 101 Å². The zero-order valence-electron chi connectivity index (χ0n) is 43.0.